The Bertz CT molecular complexity index is 343. The van der Waals surface area contributed by atoms with Gasteiger partial charge >= 0.3 is 0 Å². The molecule has 0 aromatic heterocycles. The van der Waals surface area contributed by atoms with Crippen LogP contribution in [0.4, 0.5) is 5.69 Å². The maximum absolute atomic E-state index is 5.16. The van der Waals surface area contributed by atoms with Crippen LogP contribution in [0.15, 0.2) is 22.7 Å². The number of hydrogen-bond donors (Lipinski definition) is 2. The molecule has 0 saturated heterocycles. The molecular formula is C11H15BrN2S. The summed E-state index contributed by atoms with van der Waals surface area (Å²) in [5.41, 5.74) is 2.19. The topological polar surface area (TPSA) is 24.1 Å². The third kappa shape index (κ3) is 4.62. The average Bonchev–Trinajstić information content (AvgIpc) is 1.98. The Morgan fingerprint density at radius 3 is 2.53 bits per heavy atom. The molecule has 2 nitrogen and oxygen atoms in total. The normalized spacial score (nSPS) is 10.2. The van der Waals surface area contributed by atoms with Gasteiger partial charge in [-0.05, 0) is 56.8 Å². The molecule has 0 radical (unpaired) electrons. The lowest BCUT2D eigenvalue weighted by atomic mass is 10.2. The molecule has 0 amide bonds. The van der Waals surface area contributed by atoms with Crippen LogP contribution < -0.4 is 10.6 Å². The highest BCUT2D eigenvalue weighted by molar-refractivity contribution is 9.10. The van der Waals surface area contributed by atoms with E-state index in [-0.39, 0.29) is 0 Å². The summed E-state index contributed by atoms with van der Waals surface area (Å²) in [4.78, 5) is 0. The first kappa shape index (κ1) is 12.5. The van der Waals surface area contributed by atoms with E-state index < -0.39 is 0 Å². The molecule has 0 atom stereocenters. The number of thiocarbonyl (C=S) groups is 1. The van der Waals surface area contributed by atoms with E-state index in [1.807, 2.05) is 6.07 Å². The van der Waals surface area contributed by atoms with E-state index in [4.69, 9.17) is 12.2 Å². The average molecular weight is 287 g/mol. The number of hydrogen-bond acceptors (Lipinski definition) is 1. The van der Waals surface area contributed by atoms with E-state index in [2.05, 4.69) is 59.5 Å². The summed E-state index contributed by atoms with van der Waals surface area (Å²) in [5.74, 6) is 0. The van der Waals surface area contributed by atoms with Crippen molar-refractivity contribution < 1.29 is 0 Å². The number of rotatable bonds is 2. The van der Waals surface area contributed by atoms with Gasteiger partial charge in [-0.15, -0.1) is 0 Å². The second-order valence-corrected chi connectivity index (χ2v) is 5.09. The molecule has 82 valence electrons. The van der Waals surface area contributed by atoms with Gasteiger partial charge in [-0.1, -0.05) is 15.9 Å². The highest BCUT2D eigenvalue weighted by Crippen LogP contribution is 2.18. The van der Waals surface area contributed by atoms with Crippen molar-refractivity contribution in [2.45, 2.75) is 26.8 Å². The van der Waals surface area contributed by atoms with Gasteiger partial charge in [0.05, 0.1) is 0 Å². The molecule has 2 N–H and O–H groups in total. The highest BCUT2D eigenvalue weighted by Gasteiger charge is 2.00. The molecule has 0 aliphatic rings. The minimum atomic E-state index is 0.346. The van der Waals surface area contributed by atoms with Crippen LogP contribution >= 0.6 is 28.1 Å². The first-order chi connectivity index (χ1) is 6.97. The van der Waals surface area contributed by atoms with Gasteiger partial charge in [0.15, 0.2) is 5.11 Å². The standard InChI is InChI=1S/C11H15BrN2S/c1-7(2)13-11(15)14-10-5-8(3)4-9(12)6-10/h4-7H,1-3H3,(H2,13,14,15). The van der Waals surface area contributed by atoms with Gasteiger partial charge in [-0.2, -0.15) is 0 Å². The van der Waals surface area contributed by atoms with Crippen molar-refractivity contribution >= 4 is 38.9 Å². The summed E-state index contributed by atoms with van der Waals surface area (Å²) in [5, 5.41) is 6.94. The summed E-state index contributed by atoms with van der Waals surface area (Å²) < 4.78 is 1.05. The van der Waals surface area contributed by atoms with Crippen LogP contribution in [0.3, 0.4) is 0 Å². The predicted octanol–water partition coefficient (Wildman–Crippen LogP) is 3.45. The zero-order valence-corrected chi connectivity index (χ0v) is 11.5. The number of nitrogens with one attached hydrogen (secondary N) is 2. The Kier molecular flexibility index (Phi) is 4.54. The Hall–Kier alpha value is -0.610. The largest absolute Gasteiger partial charge is 0.360 e. The van der Waals surface area contributed by atoms with Gasteiger partial charge in [0.25, 0.3) is 0 Å². The van der Waals surface area contributed by atoms with Crippen molar-refractivity contribution in [2.24, 2.45) is 0 Å². The molecule has 0 aliphatic heterocycles. The highest BCUT2D eigenvalue weighted by atomic mass is 79.9. The Morgan fingerprint density at radius 2 is 2.00 bits per heavy atom. The van der Waals surface area contributed by atoms with Crippen molar-refractivity contribution in [3.63, 3.8) is 0 Å². The minimum absolute atomic E-state index is 0.346. The van der Waals surface area contributed by atoms with Crippen LogP contribution in [-0.4, -0.2) is 11.2 Å². The minimum Gasteiger partial charge on any atom is -0.360 e. The first-order valence-corrected chi connectivity index (χ1v) is 6.02. The third-order valence-electron chi connectivity index (χ3n) is 1.72. The number of aryl methyl sites for hydroxylation is 1. The third-order valence-corrected chi connectivity index (χ3v) is 2.40. The molecule has 0 spiro atoms. The fourth-order valence-corrected chi connectivity index (χ4v) is 2.20. The summed E-state index contributed by atoms with van der Waals surface area (Å²) in [7, 11) is 0. The van der Waals surface area contributed by atoms with Gasteiger partial charge in [-0.25, -0.2) is 0 Å². The molecule has 0 unspecified atom stereocenters. The predicted molar refractivity (Wildman–Crippen MR) is 73.4 cm³/mol. The zero-order valence-electron chi connectivity index (χ0n) is 9.10. The van der Waals surface area contributed by atoms with Crippen LogP contribution in [0.1, 0.15) is 19.4 Å². The molecule has 0 heterocycles. The van der Waals surface area contributed by atoms with Gasteiger partial charge in [0.2, 0.25) is 0 Å². The maximum Gasteiger partial charge on any atom is 0.170 e. The molecule has 1 aromatic carbocycles. The smallest absolute Gasteiger partial charge is 0.170 e. The zero-order chi connectivity index (χ0) is 11.4. The number of halogens is 1. The fraction of sp³-hybridized carbons (Fsp3) is 0.364. The molecule has 4 heteroatoms. The lowest BCUT2D eigenvalue weighted by Crippen LogP contribution is -2.33. The van der Waals surface area contributed by atoms with Crippen molar-refractivity contribution in [1.82, 2.24) is 5.32 Å². The summed E-state index contributed by atoms with van der Waals surface area (Å²) >= 11 is 8.61. The second-order valence-electron chi connectivity index (χ2n) is 3.77. The number of benzene rings is 1. The van der Waals surface area contributed by atoms with Crippen LogP contribution in [0.5, 0.6) is 0 Å². The van der Waals surface area contributed by atoms with E-state index in [0.29, 0.717) is 11.2 Å². The molecule has 0 saturated carbocycles. The second kappa shape index (κ2) is 5.47. The monoisotopic (exact) mass is 286 g/mol. The molecule has 1 rings (SSSR count). The fourth-order valence-electron chi connectivity index (χ4n) is 1.24. The van der Waals surface area contributed by atoms with E-state index in [9.17, 15) is 0 Å². The van der Waals surface area contributed by atoms with Crippen molar-refractivity contribution in [3.8, 4) is 0 Å². The van der Waals surface area contributed by atoms with Gasteiger partial charge in [-0.3, -0.25) is 0 Å². The Morgan fingerprint density at radius 1 is 1.33 bits per heavy atom. The van der Waals surface area contributed by atoms with E-state index in [0.717, 1.165) is 10.2 Å². The van der Waals surface area contributed by atoms with Crippen molar-refractivity contribution in [2.75, 3.05) is 5.32 Å². The van der Waals surface area contributed by atoms with Gasteiger partial charge in [0.1, 0.15) is 0 Å². The summed E-state index contributed by atoms with van der Waals surface area (Å²) in [6, 6.07) is 6.46. The molecular weight excluding hydrogens is 272 g/mol. The van der Waals surface area contributed by atoms with Crippen LogP contribution in [0.2, 0.25) is 0 Å². The quantitative estimate of drug-likeness (QED) is 0.815. The first-order valence-electron chi connectivity index (χ1n) is 4.82. The maximum atomic E-state index is 5.16. The molecule has 15 heavy (non-hydrogen) atoms. The summed E-state index contributed by atoms with van der Waals surface area (Å²) in [6.45, 7) is 6.16. The molecule has 0 bridgehead atoms. The van der Waals surface area contributed by atoms with Crippen LogP contribution in [0, 0.1) is 6.92 Å². The summed E-state index contributed by atoms with van der Waals surface area (Å²) in [6.07, 6.45) is 0. The number of anilines is 1. The van der Waals surface area contributed by atoms with Crippen molar-refractivity contribution in [1.29, 1.82) is 0 Å². The van der Waals surface area contributed by atoms with Gasteiger partial charge in [0, 0.05) is 16.2 Å². The van der Waals surface area contributed by atoms with Crippen molar-refractivity contribution in [3.05, 3.63) is 28.2 Å². The van der Waals surface area contributed by atoms with Crippen LogP contribution in [-0.2, 0) is 0 Å². The Balaban J connectivity index is 2.68. The van der Waals surface area contributed by atoms with Gasteiger partial charge < -0.3 is 10.6 Å². The molecule has 0 aliphatic carbocycles. The van der Waals surface area contributed by atoms with E-state index in [1.54, 1.807) is 0 Å². The molecule has 1 aromatic rings. The Labute approximate surface area is 105 Å². The lowest BCUT2D eigenvalue weighted by Gasteiger charge is -2.13. The SMILES string of the molecule is Cc1cc(Br)cc(NC(=S)NC(C)C)c1. The van der Waals surface area contributed by atoms with Crippen LogP contribution in [0.25, 0.3) is 0 Å². The lowest BCUT2D eigenvalue weighted by molar-refractivity contribution is 0.739. The van der Waals surface area contributed by atoms with E-state index >= 15 is 0 Å². The van der Waals surface area contributed by atoms with E-state index in [1.165, 1.54) is 5.56 Å². The molecule has 0 fully saturated rings.